The quantitative estimate of drug-likeness (QED) is 0.375. The molecule has 1 aromatic heterocycles. The molecule has 4 rings (SSSR count). The molecule has 0 atom stereocenters. The molecule has 1 heterocycles. The zero-order valence-electron chi connectivity index (χ0n) is 9.48. The summed E-state index contributed by atoms with van der Waals surface area (Å²) in [7, 11) is 0. The first-order chi connectivity index (χ1) is 8.83. The summed E-state index contributed by atoms with van der Waals surface area (Å²) >= 11 is 7.88. The van der Waals surface area contributed by atoms with Crippen LogP contribution in [0.15, 0.2) is 54.6 Å². The highest BCUT2D eigenvalue weighted by Gasteiger charge is 2.08. The molecule has 86 valence electrons. The van der Waals surface area contributed by atoms with Crippen LogP contribution in [0.4, 0.5) is 0 Å². The predicted molar refractivity (Wildman–Crippen MR) is 81.8 cm³/mol. The maximum Gasteiger partial charge on any atom is 0.0420 e. The Balaban J connectivity index is 2.33. The van der Waals surface area contributed by atoms with Crippen LogP contribution in [-0.4, -0.2) is 0 Å². The fourth-order valence-corrected chi connectivity index (χ4v) is 3.92. The van der Waals surface area contributed by atoms with Gasteiger partial charge in [-0.3, -0.25) is 0 Å². The fourth-order valence-electron chi connectivity index (χ4n) is 2.52. The molecule has 0 N–H and O–H groups in total. The summed E-state index contributed by atoms with van der Waals surface area (Å²) in [4.78, 5) is 0. The van der Waals surface area contributed by atoms with Gasteiger partial charge in [-0.1, -0.05) is 48.0 Å². The standard InChI is InChI=1S/C16H9ClS/c17-11-6-7-13-15(9-11)18-14-8-5-10-3-1-2-4-12(10)16(13)14/h1-9H. The van der Waals surface area contributed by atoms with E-state index in [-0.39, 0.29) is 0 Å². The highest BCUT2D eigenvalue weighted by atomic mass is 35.5. The number of hydrogen-bond acceptors (Lipinski definition) is 1. The topological polar surface area (TPSA) is 0 Å². The third-order valence-electron chi connectivity index (χ3n) is 3.32. The molecular formula is C16H9ClS. The molecule has 2 heteroatoms. The van der Waals surface area contributed by atoms with Crippen LogP contribution in [0.5, 0.6) is 0 Å². The van der Waals surface area contributed by atoms with Gasteiger partial charge in [-0.15, -0.1) is 11.3 Å². The highest BCUT2D eigenvalue weighted by Crippen LogP contribution is 2.39. The first-order valence-corrected chi connectivity index (χ1v) is 7.02. The van der Waals surface area contributed by atoms with E-state index in [4.69, 9.17) is 11.6 Å². The van der Waals surface area contributed by atoms with Gasteiger partial charge < -0.3 is 0 Å². The normalized spacial score (nSPS) is 11.6. The smallest absolute Gasteiger partial charge is 0.0420 e. The van der Waals surface area contributed by atoms with Crippen molar-refractivity contribution in [1.82, 2.24) is 0 Å². The molecule has 0 nitrogen and oxygen atoms in total. The van der Waals surface area contributed by atoms with Crippen molar-refractivity contribution in [3.8, 4) is 0 Å². The van der Waals surface area contributed by atoms with E-state index in [1.807, 2.05) is 6.07 Å². The van der Waals surface area contributed by atoms with Crippen molar-refractivity contribution >= 4 is 53.9 Å². The summed E-state index contributed by atoms with van der Waals surface area (Å²) in [5.41, 5.74) is 0. The minimum absolute atomic E-state index is 0.804. The molecule has 18 heavy (non-hydrogen) atoms. The fraction of sp³-hybridized carbons (Fsp3) is 0. The van der Waals surface area contributed by atoms with Crippen molar-refractivity contribution in [2.45, 2.75) is 0 Å². The summed E-state index contributed by atoms with van der Waals surface area (Å²) in [6.45, 7) is 0. The Labute approximate surface area is 113 Å². The number of rotatable bonds is 0. The van der Waals surface area contributed by atoms with Gasteiger partial charge in [0.05, 0.1) is 0 Å². The van der Waals surface area contributed by atoms with Crippen molar-refractivity contribution < 1.29 is 0 Å². The van der Waals surface area contributed by atoms with Crippen LogP contribution in [0.1, 0.15) is 0 Å². The van der Waals surface area contributed by atoms with Crippen LogP contribution in [0.25, 0.3) is 30.9 Å². The lowest BCUT2D eigenvalue weighted by Gasteiger charge is -1.99. The molecule has 4 aromatic rings. The minimum Gasteiger partial charge on any atom is -0.135 e. The SMILES string of the molecule is Clc1ccc2c(c1)sc1ccc3ccccc3c12. The predicted octanol–water partition coefficient (Wildman–Crippen LogP) is 5.86. The van der Waals surface area contributed by atoms with Gasteiger partial charge in [0.2, 0.25) is 0 Å². The van der Waals surface area contributed by atoms with Gasteiger partial charge in [-0.2, -0.15) is 0 Å². The molecule has 0 amide bonds. The summed E-state index contributed by atoms with van der Waals surface area (Å²) in [6.07, 6.45) is 0. The van der Waals surface area contributed by atoms with Crippen LogP contribution >= 0.6 is 22.9 Å². The molecule has 0 unspecified atom stereocenters. The minimum atomic E-state index is 0.804. The maximum absolute atomic E-state index is 6.07. The zero-order valence-corrected chi connectivity index (χ0v) is 11.1. The molecule has 0 bridgehead atoms. The van der Waals surface area contributed by atoms with Gasteiger partial charge in [-0.25, -0.2) is 0 Å². The van der Waals surface area contributed by atoms with Crippen molar-refractivity contribution in [3.63, 3.8) is 0 Å². The van der Waals surface area contributed by atoms with Gasteiger partial charge in [0.15, 0.2) is 0 Å². The summed E-state index contributed by atoms with van der Waals surface area (Å²) in [6, 6.07) is 19.1. The average molecular weight is 269 g/mol. The van der Waals surface area contributed by atoms with Crippen LogP contribution in [0.2, 0.25) is 5.02 Å². The van der Waals surface area contributed by atoms with Crippen molar-refractivity contribution in [2.24, 2.45) is 0 Å². The number of halogens is 1. The Kier molecular flexibility index (Phi) is 2.14. The van der Waals surface area contributed by atoms with E-state index in [9.17, 15) is 0 Å². The summed E-state index contributed by atoms with van der Waals surface area (Å²) in [5.74, 6) is 0. The maximum atomic E-state index is 6.07. The van der Waals surface area contributed by atoms with Crippen molar-refractivity contribution in [1.29, 1.82) is 0 Å². The summed E-state index contributed by atoms with van der Waals surface area (Å²) < 4.78 is 2.58. The Hall–Kier alpha value is -1.57. The molecule has 0 spiro atoms. The lowest BCUT2D eigenvalue weighted by atomic mass is 10.0. The first-order valence-electron chi connectivity index (χ1n) is 5.82. The Bertz CT molecular complexity index is 889. The molecule has 0 saturated heterocycles. The van der Waals surface area contributed by atoms with E-state index < -0.39 is 0 Å². The molecule has 0 aliphatic rings. The van der Waals surface area contributed by atoms with Crippen LogP contribution in [0.3, 0.4) is 0 Å². The molecule has 0 aliphatic carbocycles. The lowest BCUT2D eigenvalue weighted by Crippen LogP contribution is -1.73. The molecule has 3 aromatic carbocycles. The largest absolute Gasteiger partial charge is 0.135 e. The Morgan fingerprint density at radius 2 is 1.67 bits per heavy atom. The van der Waals surface area contributed by atoms with Crippen LogP contribution in [-0.2, 0) is 0 Å². The van der Waals surface area contributed by atoms with Crippen LogP contribution in [0, 0.1) is 0 Å². The molecule has 0 radical (unpaired) electrons. The number of benzene rings is 3. The molecule has 0 fully saturated rings. The van der Waals surface area contributed by atoms with Crippen molar-refractivity contribution in [2.75, 3.05) is 0 Å². The Morgan fingerprint density at radius 1 is 0.778 bits per heavy atom. The first kappa shape index (κ1) is 10.4. The third-order valence-corrected chi connectivity index (χ3v) is 4.68. The number of fused-ring (bicyclic) bond motifs is 5. The highest BCUT2D eigenvalue weighted by molar-refractivity contribution is 7.26. The third kappa shape index (κ3) is 1.38. The zero-order chi connectivity index (χ0) is 12.1. The lowest BCUT2D eigenvalue weighted by molar-refractivity contribution is 1.81. The summed E-state index contributed by atoms with van der Waals surface area (Å²) in [5, 5.41) is 6.07. The van der Waals surface area contributed by atoms with Gasteiger partial charge in [0.25, 0.3) is 0 Å². The van der Waals surface area contributed by atoms with Crippen molar-refractivity contribution in [3.05, 3.63) is 59.6 Å². The van der Waals surface area contributed by atoms with E-state index in [1.54, 1.807) is 11.3 Å². The van der Waals surface area contributed by atoms with Gasteiger partial charge >= 0.3 is 0 Å². The van der Waals surface area contributed by atoms with Gasteiger partial charge in [0.1, 0.15) is 0 Å². The van der Waals surface area contributed by atoms with E-state index in [1.165, 1.54) is 30.9 Å². The average Bonchev–Trinajstić information content (AvgIpc) is 2.76. The van der Waals surface area contributed by atoms with E-state index in [0.29, 0.717) is 0 Å². The Morgan fingerprint density at radius 3 is 2.61 bits per heavy atom. The molecule has 0 aliphatic heterocycles. The monoisotopic (exact) mass is 268 g/mol. The van der Waals surface area contributed by atoms with Gasteiger partial charge in [0, 0.05) is 25.2 Å². The number of hydrogen-bond donors (Lipinski definition) is 0. The van der Waals surface area contributed by atoms with Crippen LogP contribution < -0.4 is 0 Å². The second-order valence-electron chi connectivity index (χ2n) is 4.40. The molecule has 0 saturated carbocycles. The number of thiophene rings is 1. The van der Waals surface area contributed by atoms with E-state index in [2.05, 4.69) is 48.5 Å². The van der Waals surface area contributed by atoms with Gasteiger partial charge in [-0.05, 0) is 29.0 Å². The van der Waals surface area contributed by atoms with E-state index >= 15 is 0 Å². The second kappa shape index (κ2) is 3.71. The second-order valence-corrected chi connectivity index (χ2v) is 5.92. The van der Waals surface area contributed by atoms with E-state index in [0.717, 1.165) is 5.02 Å². The molecular weight excluding hydrogens is 260 g/mol.